The smallest absolute Gasteiger partial charge is 0.327 e. The third-order valence-corrected chi connectivity index (χ3v) is 5.51. The van der Waals surface area contributed by atoms with Crippen LogP contribution in [0.25, 0.3) is 0 Å². The van der Waals surface area contributed by atoms with Crippen LogP contribution in [0.3, 0.4) is 0 Å². The number of carbonyl (C=O) groups is 1. The van der Waals surface area contributed by atoms with Gasteiger partial charge in [0.2, 0.25) is 10.0 Å². The van der Waals surface area contributed by atoms with E-state index >= 15 is 0 Å². The van der Waals surface area contributed by atoms with Crippen molar-refractivity contribution >= 4 is 16.0 Å². The van der Waals surface area contributed by atoms with E-state index in [2.05, 4.69) is 0 Å². The summed E-state index contributed by atoms with van der Waals surface area (Å²) in [6.45, 7) is 1.80. The zero-order valence-corrected chi connectivity index (χ0v) is 12.1. The average molecular weight is 301 g/mol. The van der Waals surface area contributed by atoms with Gasteiger partial charge in [-0.25, -0.2) is 12.8 Å². The lowest BCUT2D eigenvalue weighted by molar-refractivity contribution is -0.146. The third kappa shape index (κ3) is 2.31. The van der Waals surface area contributed by atoms with Gasteiger partial charge in [-0.15, -0.1) is 0 Å². The Morgan fingerprint density at radius 2 is 1.90 bits per heavy atom. The number of hydrogen-bond acceptors (Lipinski definition) is 4. The standard InChI is InChI=1S/C13H16FNO4S/c1-3-15(13(8-9-13)12(16)19-2)20(17,18)11-6-4-10(14)5-7-11/h4-7H,3,8-9H2,1-2H3. The Morgan fingerprint density at radius 3 is 2.30 bits per heavy atom. The van der Waals surface area contributed by atoms with Crippen molar-refractivity contribution in [1.29, 1.82) is 0 Å². The number of halogens is 1. The lowest BCUT2D eigenvalue weighted by Crippen LogP contribution is -2.47. The molecule has 1 aromatic rings. The van der Waals surface area contributed by atoms with Gasteiger partial charge >= 0.3 is 5.97 Å². The first-order chi connectivity index (χ1) is 9.38. The van der Waals surface area contributed by atoms with E-state index in [-0.39, 0.29) is 11.4 Å². The van der Waals surface area contributed by atoms with E-state index in [1.807, 2.05) is 0 Å². The number of nitrogens with zero attached hydrogens (tertiary/aromatic N) is 1. The quantitative estimate of drug-likeness (QED) is 0.774. The molecule has 2 rings (SSSR count). The summed E-state index contributed by atoms with van der Waals surface area (Å²) in [5, 5.41) is 0. The van der Waals surface area contributed by atoms with E-state index in [1.165, 1.54) is 19.2 Å². The fraction of sp³-hybridized carbons (Fsp3) is 0.462. The van der Waals surface area contributed by atoms with Crippen molar-refractivity contribution in [2.24, 2.45) is 0 Å². The summed E-state index contributed by atoms with van der Waals surface area (Å²) in [4.78, 5) is 11.8. The molecule has 5 nitrogen and oxygen atoms in total. The molecule has 0 heterocycles. The maximum atomic E-state index is 12.9. The van der Waals surface area contributed by atoms with Crippen LogP contribution in [-0.4, -0.2) is 37.9 Å². The topological polar surface area (TPSA) is 63.7 Å². The molecule has 0 saturated heterocycles. The highest BCUT2D eigenvalue weighted by atomic mass is 32.2. The van der Waals surface area contributed by atoms with Gasteiger partial charge in [0.1, 0.15) is 11.4 Å². The summed E-state index contributed by atoms with van der Waals surface area (Å²) in [5.74, 6) is -1.06. The van der Waals surface area contributed by atoms with Crippen molar-refractivity contribution in [2.75, 3.05) is 13.7 Å². The molecular formula is C13H16FNO4S. The molecule has 1 saturated carbocycles. The molecule has 0 bridgehead atoms. The highest BCUT2D eigenvalue weighted by Gasteiger charge is 2.59. The number of likely N-dealkylation sites (N-methyl/N-ethyl adjacent to an activating group) is 1. The number of esters is 1. The lowest BCUT2D eigenvalue weighted by Gasteiger charge is -2.27. The summed E-state index contributed by atoms with van der Waals surface area (Å²) >= 11 is 0. The number of hydrogen-bond donors (Lipinski definition) is 0. The molecule has 0 atom stereocenters. The van der Waals surface area contributed by atoms with Crippen molar-refractivity contribution in [2.45, 2.75) is 30.2 Å². The van der Waals surface area contributed by atoms with Crippen molar-refractivity contribution in [3.8, 4) is 0 Å². The van der Waals surface area contributed by atoms with Crippen molar-refractivity contribution in [3.05, 3.63) is 30.1 Å². The minimum Gasteiger partial charge on any atom is -0.468 e. The lowest BCUT2D eigenvalue weighted by atomic mass is 10.3. The Hall–Kier alpha value is -1.47. The molecule has 0 amide bonds. The molecule has 0 aromatic heterocycles. The van der Waals surface area contributed by atoms with Crippen LogP contribution in [0.15, 0.2) is 29.2 Å². The predicted molar refractivity (Wildman–Crippen MR) is 69.9 cm³/mol. The van der Waals surface area contributed by atoms with Crippen LogP contribution in [-0.2, 0) is 19.6 Å². The number of sulfonamides is 1. The Kier molecular flexibility index (Phi) is 3.84. The highest BCUT2D eigenvalue weighted by Crippen LogP contribution is 2.45. The highest BCUT2D eigenvalue weighted by molar-refractivity contribution is 7.89. The van der Waals surface area contributed by atoms with Crippen LogP contribution < -0.4 is 0 Å². The van der Waals surface area contributed by atoms with Gasteiger partial charge < -0.3 is 4.74 Å². The van der Waals surface area contributed by atoms with Gasteiger partial charge in [-0.3, -0.25) is 4.79 Å². The molecule has 0 unspecified atom stereocenters. The van der Waals surface area contributed by atoms with Gasteiger partial charge in [-0.2, -0.15) is 4.31 Å². The van der Waals surface area contributed by atoms with Crippen LogP contribution in [0.1, 0.15) is 19.8 Å². The van der Waals surface area contributed by atoms with Crippen LogP contribution in [0.4, 0.5) is 4.39 Å². The Labute approximate surface area is 117 Å². The second-order valence-electron chi connectivity index (χ2n) is 4.65. The SMILES string of the molecule is CCN(C1(C(=O)OC)CC1)S(=O)(=O)c1ccc(F)cc1. The second-order valence-corrected chi connectivity index (χ2v) is 6.51. The fourth-order valence-corrected chi connectivity index (χ4v) is 4.09. The van der Waals surface area contributed by atoms with Crippen molar-refractivity contribution in [1.82, 2.24) is 4.31 Å². The van der Waals surface area contributed by atoms with E-state index in [1.54, 1.807) is 6.92 Å². The Balaban J connectivity index is 2.41. The van der Waals surface area contributed by atoms with E-state index in [0.717, 1.165) is 16.4 Å². The molecule has 0 radical (unpaired) electrons. The summed E-state index contributed by atoms with van der Waals surface area (Å²) in [6, 6.07) is 4.55. The van der Waals surface area contributed by atoms with Gasteiger partial charge in [0.25, 0.3) is 0 Å². The van der Waals surface area contributed by atoms with Gasteiger partial charge in [-0.05, 0) is 37.1 Å². The molecule has 0 spiro atoms. The van der Waals surface area contributed by atoms with E-state index in [4.69, 9.17) is 4.74 Å². The fourth-order valence-electron chi connectivity index (χ4n) is 2.30. The van der Waals surface area contributed by atoms with Gasteiger partial charge in [0, 0.05) is 6.54 Å². The van der Waals surface area contributed by atoms with E-state index < -0.39 is 27.3 Å². The zero-order chi connectivity index (χ0) is 15.0. The summed E-state index contributed by atoms with van der Waals surface area (Å²) in [6.07, 6.45) is 0.877. The summed E-state index contributed by atoms with van der Waals surface area (Å²) in [5.41, 5.74) is -1.10. The molecule has 1 aliphatic carbocycles. The molecule has 0 N–H and O–H groups in total. The molecule has 1 aromatic carbocycles. The van der Waals surface area contributed by atoms with Crippen molar-refractivity contribution < 1.29 is 22.3 Å². The summed E-state index contributed by atoms with van der Waals surface area (Å²) in [7, 11) is -2.62. The number of methoxy groups -OCH3 is 1. The second kappa shape index (κ2) is 5.14. The molecule has 1 aliphatic rings. The van der Waals surface area contributed by atoms with E-state index in [0.29, 0.717) is 12.8 Å². The number of ether oxygens (including phenoxy) is 1. The number of carbonyl (C=O) groups excluding carboxylic acids is 1. The molecular weight excluding hydrogens is 285 g/mol. The molecule has 20 heavy (non-hydrogen) atoms. The van der Waals surface area contributed by atoms with E-state index in [9.17, 15) is 17.6 Å². The van der Waals surface area contributed by atoms with Crippen LogP contribution in [0.2, 0.25) is 0 Å². The average Bonchev–Trinajstić information content (AvgIpc) is 3.20. The zero-order valence-electron chi connectivity index (χ0n) is 11.3. The van der Waals surface area contributed by atoms with Gasteiger partial charge in [-0.1, -0.05) is 6.92 Å². The first kappa shape index (κ1) is 14.9. The maximum absolute atomic E-state index is 12.9. The van der Waals surface area contributed by atoms with Crippen molar-refractivity contribution in [3.63, 3.8) is 0 Å². The molecule has 110 valence electrons. The number of benzene rings is 1. The molecule has 7 heteroatoms. The Bertz CT molecular complexity index is 608. The third-order valence-electron chi connectivity index (χ3n) is 3.46. The number of rotatable bonds is 5. The van der Waals surface area contributed by atoms with Gasteiger partial charge in [0.15, 0.2) is 0 Å². The first-order valence-electron chi connectivity index (χ1n) is 6.25. The Morgan fingerprint density at radius 1 is 1.35 bits per heavy atom. The first-order valence-corrected chi connectivity index (χ1v) is 7.69. The summed E-state index contributed by atoms with van der Waals surface area (Å²) < 4.78 is 43.9. The van der Waals surface area contributed by atoms with Gasteiger partial charge in [0.05, 0.1) is 12.0 Å². The van der Waals surface area contributed by atoms with Crippen LogP contribution in [0, 0.1) is 5.82 Å². The normalized spacial score (nSPS) is 17.0. The monoisotopic (exact) mass is 301 g/mol. The minimum absolute atomic E-state index is 0.0315. The molecule has 1 fully saturated rings. The largest absolute Gasteiger partial charge is 0.468 e. The molecule has 0 aliphatic heterocycles. The predicted octanol–water partition coefficient (Wildman–Crippen LogP) is 1.54. The van der Waals surface area contributed by atoms with Crippen LogP contribution in [0.5, 0.6) is 0 Å². The van der Waals surface area contributed by atoms with Crippen LogP contribution >= 0.6 is 0 Å². The maximum Gasteiger partial charge on any atom is 0.327 e. The minimum atomic E-state index is -3.85.